The van der Waals surface area contributed by atoms with E-state index in [1.807, 2.05) is 31.6 Å². The first-order valence-corrected chi connectivity index (χ1v) is 7.87. The lowest BCUT2D eigenvalue weighted by Gasteiger charge is -2.18. The zero-order valence-corrected chi connectivity index (χ0v) is 13.6. The highest BCUT2D eigenvalue weighted by atomic mass is 79.9. The van der Waals surface area contributed by atoms with Crippen molar-refractivity contribution in [2.45, 2.75) is 58.6 Å². The molecule has 0 aliphatic heterocycles. The number of esters is 1. The van der Waals surface area contributed by atoms with Gasteiger partial charge < -0.3 is 4.74 Å². The molecule has 0 aliphatic carbocycles. The van der Waals surface area contributed by atoms with Gasteiger partial charge in [-0.1, -0.05) is 28.8 Å². The van der Waals surface area contributed by atoms with Crippen LogP contribution < -0.4 is 0 Å². The molecule has 0 fully saturated rings. The van der Waals surface area contributed by atoms with Gasteiger partial charge in [0.1, 0.15) is 5.60 Å². The molecular weight excluding hydrogens is 308 g/mol. The quantitative estimate of drug-likeness (QED) is 0.434. The average molecular weight is 331 g/mol. The van der Waals surface area contributed by atoms with Crippen LogP contribution in [0, 0.1) is 0 Å². The van der Waals surface area contributed by atoms with E-state index in [1.165, 1.54) is 19.3 Å². The van der Waals surface area contributed by atoms with Gasteiger partial charge in [0.25, 0.3) is 0 Å². The van der Waals surface area contributed by atoms with Gasteiger partial charge in [-0.15, -0.1) is 0 Å². The number of carbonyl (C=O) groups is 1. The minimum Gasteiger partial charge on any atom is -0.455 e. The fraction of sp³-hybridized carbons (Fsp3) is 0.714. The SMILES string of the molecule is CC(C)(C)OC(=O)c1ccn(CCCCCCBr)n1. The Morgan fingerprint density at radius 3 is 2.63 bits per heavy atom. The van der Waals surface area contributed by atoms with Gasteiger partial charge in [0.15, 0.2) is 5.69 Å². The van der Waals surface area contributed by atoms with Crippen molar-refractivity contribution in [3.63, 3.8) is 0 Å². The molecule has 19 heavy (non-hydrogen) atoms. The van der Waals surface area contributed by atoms with Crippen molar-refractivity contribution in [1.29, 1.82) is 0 Å². The molecule has 0 amide bonds. The summed E-state index contributed by atoms with van der Waals surface area (Å²) in [6.07, 6.45) is 6.55. The Morgan fingerprint density at radius 1 is 1.32 bits per heavy atom. The van der Waals surface area contributed by atoms with E-state index in [2.05, 4.69) is 21.0 Å². The number of aromatic nitrogens is 2. The zero-order valence-electron chi connectivity index (χ0n) is 12.0. The number of halogens is 1. The van der Waals surface area contributed by atoms with Crippen LogP contribution >= 0.6 is 15.9 Å². The van der Waals surface area contributed by atoms with Crippen molar-refractivity contribution in [2.24, 2.45) is 0 Å². The number of hydrogen-bond donors (Lipinski definition) is 0. The number of hydrogen-bond acceptors (Lipinski definition) is 3. The number of nitrogens with zero attached hydrogens (tertiary/aromatic N) is 2. The van der Waals surface area contributed by atoms with Crippen molar-refractivity contribution in [2.75, 3.05) is 5.33 Å². The second-order valence-electron chi connectivity index (χ2n) is 5.57. The molecule has 0 aliphatic rings. The minimum absolute atomic E-state index is 0.356. The van der Waals surface area contributed by atoms with Crippen LogP contribution in [0.4, 0.5) is 0 Å². The average Bonchev–Trinajstić information content (AvgIpc) is 2.75. The molecule has 0 atom stereocenters. The molecule has 0 saturated heterocycles. The first kappa shape index (κ1) is 16.2. The van der Waals surface area contributed by atoms with E-state index in [0.29, 0.717) is 5.69 Å². The fourth-order valence-electron chi connectivity index (χ4n) is 1.65. The smallest absolute Gasteiger partial charge is 0.359 e. The Labute approximate surface area is 123 Å². The monoisotopic (exact) mass is 330 g/mol. The van der Waals surface area contributed by atoms with Crippen LogP contribution in [-0.4, -0.2) is 26.7 Å². The summed E-state index contributed by atoms with van der Waals surface area (Å²) >= 11 is 3.42. The van der Waals surface area contributed by atoms with Crippen molar-refractivity contribution >= 4 is 21.9 Å². The first-order chi connectivity index (χ1) is 8.92. The molecule has 0 radical (unpaired) electrons. The Kier molecular flexibility index (Phi) is 6.55. The lowest BCUT2D eigenvalue weighted by molar-refractivity contribution is 0.00619. The zero-order chi connectivity index (χ0) is 14.3. The van der Waals surface area contributed by atoms with Gasteiger partial charge in [0.05, 0.1) is 0 Å². The van der Waals surface area contributed by atoms with Gasteiger partial charge >= 0.3 is 5.97 Å². The number of aryl methyl sites for hydroxylation is 1. The molecule has 108 valence electrons. The third kappa shape index (κ3) is 6.76. The van der Waals surface area contributed by atoms with E-state index in [-0.39, 0.29) is 5.97 Å². The molecule has 1 heterocycles. The maximum absolute atomic E-state index is 11.8. The molecule has 5 heteroatoms. The Bertz CT molecular complexity index is 396. The van der Waals surface area contributed by atoms with Crippen molar-refractivity contribution in [3.8, 4) is 0 Å². The van der Waals surface area contributed by atoms with Crippen LogP contribution in [0.25, 0.3) is 0 Å². The van der Waals surface area contributed by atoms with E-state index in [1.54, 1.807) is 6.07 Å². The first-order valence-electron chi connectivity index (χ1n) is 6.75. The van der Waals surface area contributed by atoms with Crippen LogP contribution in [0.2, 0.25) is 0 Å². The van der Waals surface area contributed by atoms with Gasteiger partial charge in [-0.3, -0.25) is 4.68 Å². The maximum atomic E-state index is 11.8. The molecule has 1 aromatic heterocycles. The summed E-state index contributed by atoms with van der Waals surface area (Å²) in [5.74, 6) is -0.356. The van der Waals surface area contributed by atoms with Gasteiger partial charge in [0, 0.05) is 18.1 Å². The topological polar surface area (TPSA) is 44.1 Å². The summed E-state index contributed by atoms with van der Waals surface area (Å²) in [7, 11) is 0. The lowest BCUT2D eigenvalue weighted by atomic mass is 10.2. The molecule has 0 saturated carbocycles. The molecule has 1 aromatic rings. The summed E-state index contributed by atoms with van der Waals surface area (Å²) < 4.78 is 7.09. The Balaban J connectivity index is 2.37. The van der Waals surface area contributed by atoms with Crippen LogP contribution in [0.1, 0.15) is 56.9 Å². The van der Waals surface area contributed by atoms with Crippen molar-refractivity contribution in [1.82, 2.24) is 9.78 Å². The predicted octanol–water partition coefficient (Wildman–Crippen LogP) is 3.79. The molecule has 0 N–H and O–H groups in total. The van der Waals surface area contributed by atoms with Gasteiger partial charge in [0.2, 0.25) is 0 Å². The summed E-state index contributed by atoms with van der Waals surface area (Å²) in [6.45, 7) is 6.41. The van der Waals surface area contributed by atoms with E-state index < -0.39 is 5.60 Å². The molecule has 0 spiro atoms. The maximum Gasteiger partial charge on any atom is 0.359 e. The third-order valence-electron chi connectivity index (χ3n) is 2.52. The number of carbonyl (C=O) groups excluding carboxylic acids is 1. The highest BCUT2D eigenvalue weighted by Gasteiger charge is 2.19. The van der Waals surface area contributed by atoms with E-state index >= 15 is 0 Å². The highest BCUT2D eigenvalue weighted by Crippen LogP contribution is 2.11. The standard InChI is InChI=1S/C14H23BrN2O2/c1-14(2,3)19-13(18)12-8-11-17(16-12)10-7-5-4-6-9-15/h8,11H,4-7,9-10H2,1-3H3. The predicted molar refractivity (Wildman–Crippen MR) is 79.7 cm³/mol. The van der Waals surface area contributed by atoms with Crippen LogP contribution in [0.5, 0.6) is 0 Å². The Morgan fingerprint density at radius 2 is 2.00 bits per heavy atom. The van der Waals surface area contributed by atoms with Crippen LogP contribution in [0.3, 0.4) is 0 Å². The Hall–Kier alpha value is -0.840. The molecule has 0 unspecified atom stereocenters. The molecular formula is C14H23BrN2O2. The number of alkyl halides is 1. The number of rotatable bonds is 7. The van der Waals surface area contributed by atoms with Crippen molar-refractivity contribution in [3.05, 3.63) is 18.0 Å². The number of ether oxygens (including phenoxy) is 1. The van der Waals surface area contributed by atoms with E-state index in [9.17, 15) is 4.79 Å². The summed E-state index contributed by atoms with van der Waals surface area (Å²) in [5.41, 5.74) is -0.0910. The van der Waals surface area contributed by atoms with E-state index in [4.69, 9.17) is 4.74 Å². The minimum atomic E-state index is -0.476. The normalized spacial score (nSPS) is 11.6. The van der Waals surface area contributed by atoms with Gasteiger partial charge in [-0.05, 0) is 39.7 Å². The van der Waals surface area contributed by atoms with Gasteiger partial charge in [-0.2, -0.15) is 5.10 Å². The largest absolute Gasteiger partial charge is 0.455 e. The highest BCUT2D eigenvalue weighted by molar-refractivity contribution is 9.09. The fourth-order valence-corrected chi connectivity index (χ4v) is 2.04. The van der Waals surface area contributed by atoms with Crippen LogP contribution in [0.15, 0.2) is 12.3 Å². The molecule has 4 nitrogen and oxygen atoms in total. The van der Waals surface area contributed by atoms with Crippen molar-refractivity contribution < 1.29 is 9.53 Å². The number of unbranched alkanes of at least 4 members (excludes halogenated alkanes) is 3. The third-order valence-corrected chi connectivity index (χ3v) is 3.08. The lowest BCUT2D eigenvalue weighted by Crippen LogP contribution is -2.24. The second-order valence-corrected chi connectivity index (χ2v) is 6.36. The molecule has 0 aromatic carbocycles. The second kappa shape index (κ2) is 7.68. The summed E-state index contributed by atoms with van der Waals surface area (Å²) in [6, 6.07) is 1.71. The molecule has 1 rings (SSSR count). The molecule has 0 bridgehead atoms. The van der Waals surface area contributed by atoms with Crippen LogP contribution in [-0.2, 0) is 11.3 Å². The van der Waals surface area contributed by atoms with Gasteiger partial charge in [-0.25, -0.2) is 4.79 Å². The summed E-state index contributed by atoms with van der Waals surface area (Å²) in [5, 5.41) is 5.31. The van der Waals surface area contributed by atoms with E-state index in [0.717, 1.165) is 18.3 Å². The summed E-state index contributed by atoms with van der Waals surface area (Å²) in [4.78, 5) is 11.8.